The fourth-order valence-corrected chi connectivity index (χ4v) is 3.24. The third-order valence-electron chi connectivity index (χ3n) is 2.92. The van der Waals surface area contributed by atoms with Gasteiger partial charge in [-0.05, 0) is 20.8 Å². The molecule has 0 fully saturated rings. The van der Waals surface area contributed by atoms with E-state index in [1.807, 2.05) is 13.8 Å². The van der Waals surface area contributed by atoms with Crippen molar-refractivity contribution in [2.24, 2.45) is 5.84 Å². The number of aryl methyl sites for hydroxylation is 2. The molecule has 0 radical (unpaired) electrons. The average molecular weight is 277 g/mol. The smallest absolute Gasteiger partial charge is 0.151 e. The first-order valence-electron chi connectivity index (χ1n) is 5.33. The molecule has 0 saturated heterocycles. The summed E-state index contributed by atoms with van der Waals surface area (Å²) in [6.45, 7) is 5.61. The summed E-state index contributed by atoms with van der Waals surface area (Å²) in [7, 11) is -3.10. The van der Waals surface area contributed by atoms with Crippen LogP contribution in [0.5, 0.6) is 0 Å². The predicted octanol–water partition coefficient (Wildman–Crippen LogP) is 0.567. The third-order valence-corrected chi connectivity index (χ3v) is 5.70. The summed E-state index contributed by atoms with van der Waals surface area (Å²) in [6, 6.07) is -0.310. The average Bonchev–Trinajstić information content (AvgIpc) is 2.52. The van der Waals surface area contributed by atoms with Crippen LogP contribution >= 0.6 is 11.3 Å². The summed E-state index contributed by atoms with van der Waals surface area (Å²) < 4.78 is 23.0. The van der Waals surface area contributed by atoms with Gasteiger partial charge < -0.3 is 0 Å². The van der Waals surface area contributed by atoms with Gasteiger partial charge in [-0.1, -0.05) is 0 Å². The van der Waals surface area contributed by atoms with Gasteiger partial charge in [0, 0.05) is 23.6 Å². The van der Waals surface area contributed by atoms with Gasteiger partial charge >= 0.3 is 0 Å². The lowest BCUT2D eigenvalue weighted by molar-refractivity contribution is 0.493. The number of hydrogen-bond acceptors (Lipinski definition) is 6. The summed E-state index contributed by atoms with van der Waals surface area (Å²) in [5, 5.41) is 0.385. The summed E-state index contributed by atoms with van der Waals surface area (Å²) in [6.07, 6.45) is 1.75. The summed E-state index contributed by atoms with van der Waals surface area (Å²) in [5.41, 5.74) is 3.57. The molecule has 0 amide bonds. The lowest BCUT2D eigenvalue weighted by Crippen LogP contribution is -2.47. The van der Waals surface area contributed by atoms with Crippen LogP contribution in [-0.2, 0) is 16.3 Å². The van der Waals surface area contributed by atoms with Crippen LogP contribution < -0.4 is 11.3 Å². The second kappa shape index (κ2) is 5.43. The zero-order valence-electron chi connectivity index (χ0n) is 10.5. The van der Waals surface area contributed by atoms with Gasteiger partial charge in [0.15, 0.2) is 9.84 Å². The van der Waals surface area contributed by atoms with Crippen LogP contribution in [0.2, 0.25) is 0 Å². The largest absolute Gasteiger partial charge is 0.271 e. The predicted molar refractivity (Wildman–Crippen MR) is 70.7 cm³/mol. The van der Waals surface area contributed by atoms with E-state index in [0.29, 0.717) is 6.42 Å². The van der Waals surface area contributed by atoms with E-state index in [9.17, 15) is 8.42 Å². The molecule has 98 valence electrons. The second-order valence-electron chi connectivity index (χ2n) is 4.26. The first-order valence-corrected chi connectivity index (χ1v) is 8.10. The number of nitrogens with two attached hydrogens (primary N) is 1. The van der Waals surface area contributed by atoms with Crippen molar-refractivity contribution < 1.29 is 8.42 Å². The molecule has 1 heterocycles. The number of sulfone groups is 1. The minimum Gasteiger partial charge on any atom is -0.271 e. The lowest BCUT2D eigenvalue weighted by Gasteiger charge is -2.20. The van der Waals surface area contributed by atoms with Crippen molar-refractivity contribution in [1.82, 2.24) is 10.4 Å². The molecule has 1 rings (SSSR count). The first kappa shape index (κ1) is 14.6. The van der Waals surface area contributed by atoms with Crippen molar-refractivity contribution in [2.45, 2.75) is 38.5 Å². The molecule has 0 aliphatic heterocycles. The minimum atomic E-state index is -3.10. The topological polar surface area (TPSA) is 85.1 Å². The molecule has 2 atom stereocenters. The Bertz CT molecular complexity index is 462. The lowest BCUT2D eigenvalue weighted by atomic mass is 10.1. The van der Waals surface area contributed by atoms with E-state index < -0.39 is 15.1 Å². The molecule has 0 saturated carbocycles. The minimum absolute atomic E-state index is 0.310. The Balaban J connectivity index is 2.84. The van der Waals surface area contributed by atoms with Crippen molar-refractivity contribution in [3.63, 3.8) is 0 Å². The molecule has 0 aromatic carbocycles. The Labute approximate surface area is 106 Å². The number of nitrogens with one attached hydrogen (secondary N) is 1. The van der Waals surface area contributed by atoms with Crippen molar-refractivity contribution in [1.29, 1.82) is 0 Å². The van der Waals surface area contributed by atoms with Gasteiger partial charge in [-0.15, -0.1) is 11.3 Å². The molecular formula is C10H19N3O2S2. The number of nitrogens with zero attached hydrogens (tertiary/aromatic N) is 1. The molecule has 5 nitrogen and oxygen atoms in total. The summed E-state index contributed by atoms with van der Waals surface area (Å²) in [5.74, 6) is 5.43. The van der Waals surface area contributed by atoms with Gasteiger partial charge in [-0.2, -0.15) is 0 Å². The first-order chi connectivity index (χ1) is 7.75. The zero-order chi connectivity index (χ0) is 13.2. The Morgan fingerprint density at radius 3 is 2.41 bits per heavy atom. The molecule has 3 N–H and O–H groups in total. The van der Waals surface area contributed by atoms with Crippen molar-refractivity contribution in [2.75, 3.05) is 6.26 Å². The maximum Gasteiger partial charge on any atom is 0.151 e. The number of hydrazine groups is 1. The van der Waals surface area contributed by atoms with E-state index in [-0.39, 0.29) is 6.04 Å². The molecule has 1 aromatic heterocycles. The molecule has 2 unspecified atom stereocenters. The van der Waals surface area contributed by atoms with Gasteiger partial charge in [0.2, 0.25) is 0 Å². The number of thiazole rings is 1. The van der Waals surface area contributed by atoms with Crippen molar-refractivity contribution >= 4 is 21.2 Å². The Hall–Kier alpha value is -0.500. The number of hydrogen-bond donors (Lipinski definition) is 2. The van der Waals surface area contributed by atoms with Crippen molar-refractivity contribution in [3.05, 3.63) is 15.6 Å². The quantitative estimate of drug-likeness (QED) is 0.607. The normalized spacial score (nSPS) is 15.8. The Morgan fingerprint density at radius 1 is 1.47 bits per heavy atom. The van der Waals surface area contributed by atoms with Crippen LogP contribution in [-0.4, -0.2) is 30.9 Å². The van der Waals surface area contributed by atoms with Crippen LogP contribution in [0.1, 0.15) is 22.5 Å². The fourth-order valence-electron chi connectivity index (χ4n) is 1.47. The molecule has 0 aliphatic rings. The van der Waals surface area contributed by atoms with Gasteiger partial charge in [0.05, 0.1) is 16.0 Å². The highest BCUT2D eigenvalue weighted by Crippen LogP contribution is 2.19. The Kier molecular flexibility index (Phi) is 4.65. The monoisotopic (exact) mass is 277 g/mol. The summed E-state index contributed by atoms with van der Waals surface area (Å²) >= 11 is 1.58. The molecular weight excluding hydrogens is 258 g/mol. The van der Waals surface area contributed by atoms with E-state index >= 15 is 0 Å². The standard InChI is InChI=1S/C10H19N3O2S2/c1-6-7(2)16-10(12-6)5-9(13-11)8(3)17(4,14)15/h8-9,13H,5,11H2,1-4H3. The Morgan fingerprint density at radius 2 is 2.06 bits per heavy atom. The summed E-state index contributed by atoms with van der Waals surface area (Å²) in [4.78, 5) is 5.55. The molecule has 0 bridgehead atoms. The van der Waals surface area contributed by atoms with Gasteiger partial charge in [-0.3, -0.25) is 11.3 Å². The highest BCUT2D eigenvalue weighted by Gasteiger charge is 2.26. The van der Waals surface area contributed by atoms with Gasteiger partial charge in [-0.25, -0.2) is 13.4 Å². The van der Waals surface area contributed by atoms with Crippen LogP contribution in [0.15, 0.2) is 0 Å². The van der Waals surface area contributed by atoms with Gasteiger partial charge in [0.25, 0.3) is 0 Å². The highest BCUT2D eigenvalue weighted by molar-refractivity contribution is 7.91. The van der Waals surface area contributed by atoms with E-state index in [1.54, 1.807) is 18.3 Å². The number of rotatable bonds is 5. The highest BCUT2D eigenvalue weighted by atomic mass is 32.2. The molecule has 1 aromatic rings. The van der Waals surface area contributed by atoms with E-state index in [2.05, 4.69) is 10.4 Å². The SMILES string of the molecule is Cc1nc(CC(NN)C(C)S(C)(=O)=O)sc1C. The van der Waals surface area contributed by atoms with E-state index in [0.717, 1.165) is 15.6 Å². The second-order valence-corrected chi connectivity index (χ2v) is 7.95. The van der Waals surface area contributed by atoms with Gasteiger partial charge in [0.1, 0.15) is 0 Å². The molecule has 0 spiro atoms. The maximum absolute atomic E-state index is 11.5. The number of aromatic nitrogens is 1. The van der Waals surface area contributed by atoms with Crippen LogP contribution in [0, 0.1) is 13.8 Å². The molecule has 17 heavy (non-hydrogen) atoms. The van der Waals surface area contributed by atoms with Crippen LogP contribution in [0.25, 0.3) is 0 Å². The van der Waals surface area contributed by atoms with Crippen LogP contribution in [0.3, 0.4) is 0 Å². The zero-order valence-corrected chi connectivity index (χ0v) is 12.2. The van der Waals surface area contributed by atoms with Crippen LogP contribution in [0.4, 0.5) is 0 Å². The van der Waals surface area contributed by atoms with E-state index in [1.165, 1.54) is 6.26 Å². The third kappa shape index (κ3) is 3.74. The maximum atomic E-state index is 11.5. The van der Waals surface area contributed by atoms with E-state index in [4.69, 9.17) is 5.84 Å². The molecule has 0 aliphatic carbocycles. The molecule has 7 heteroatoms. The fraction of sp³-hybridized carbons (Fsp3) is 0.700. The van der Waals surface area contributed by atoms with Crippen molar-refractivity contribution in [3.8, 4) is 0 Å².